The van der Waals surface area contributed by atoms with Crippen molar-refractivity contribution in [3.8, 4) is 5.75 Å². The van der Waals surface area contributed by atoms with Crippen molar-refractivity contribution in [2.45, 2.75) is 25.3 Å². The molecule has 0 spiro atoms. The summed E-state index contributed by atoms with van der Waals surface area (Å²) in [5, 5.41) is 3.57. The standard InChI is InChI=1S/C27H30F2N2O.2ClH/c28-23-9-7-21(8-10-23)27(30-25-13-11-24(29)12-14-25)22-15-18-31(19-16-22)17-4-20-32-26-5-2-1-3-6-26;;/h1-3,5-14,22,27,30H,4,15-20H2;2*1H. The molecule has 3 aromatic rings. The highest BCUT2D eigenvalue weighted by Gasteiger charge is 2.27. The fourth-order valence-corrected chi connectivity index (χ4v) is 4.37. The summed E-state index contributed by atoms with van der Waals surface area (Å²) in [7, 11) is 0. The molecule has 1 heterocycles. The van der Waals surface area contributed by atoms with Gasteiger partial charge in [0.25, 0.3) is 0 Å². The number of likely N-dealkylation sites (tertiary alicyclic amines) is 1. The molecule has 1 unspecified atom stereocenters. The van der Waals surface area contributed by atoms with Crippen LogP contribution in [0.1, 0.15) is 30.9 Å². The minimum Gasteiger partial charge on any atom is -0.494 e. The quantitative estimate of drug-likeness (QED) is 0.310. The van der Waals surface area contributed by atoms with E-state index < -0.39 is 0 Å². The zero-order valence-electron chi connectivity index (χ0n) is 19.0. The van der Waals surface area contributed by atoms with Gasteiger partial charge in [-0.05, 0) is 92.4 Å². The molecule has 1 fully saturated rings. The first-order chi connectivity index (χ1) is 15.7. The van der Waals surface area contributed by atoms with Crippen LogP contribution in [0.2, 0.25) is 0 Å². The van der Waals surface area contributed by atoms with Crippen molar-refractivity contribution in [1.82, 2.24) is 4.90 Å². The summed E-state index contributed by atoms with van der Waals surface area (Å²) in [5.41, 5.74) is 1.94. The lowest BCUT2D eigenvalue weighted by Gasteiger charge is -2.37. The molecule has 1 aliphatic heterocycles. The molecular formula is C27H32Cl2F2N2O. The van der Waals surface area contributed by atoms with E-state index in [0.717, 1.165) is 55.9 Å². The second-order valence-corrected chi connectivity index (χ2v) is 8.37. The third kappa shape index (κ3) is 8.15. The fraction of sp³-hybridized carbons (Fsp3) is 0.333. The van der Waals surface area contributed by atoms with Crippen molar-refractivity contribution in [3.63, 3.8) is 0 Å². The molecule has 0 amide bonds. The minimum atomic E-state index is -0.251. The average Bonchev–Trinajstić information content (AvgIpc) is 2.83. The number of anilines is 1. The summed E-state index contributed by atoms with van der Waals surface area (Å²) in [4.78, 5) is 2.49. The first-order valence-electron chi connectivity index (χ1n) is 11.4. The molecule has 4 rings (SSSR count). The van der Waals surface area contributed by atoms with Crippen LogP contribution < -0.4 is 10.1 Å². The highest BCUT2D eigenvalue weighted by Crippen LogP contribution is 2.34. The number of hydrogen-bond donors (Lipinski definition) is 1. The van der Waals surface area contributed by atoms with Gasteiger partial charge in [0, 0.05) is 12.2 Å². The van der Waals surface area contributed by atoms with Crippen LogP contribution in [0.4, 0.5) is 14.5 Å². The molecule has 1 saturated heterocycles. The van der Waals surface area contributed by atoms with Gasteiger partial charge in [-0.1, -0.05) is 30.3 Å². The van der Waals surface area contributed by atoms with Gasteiger partial charge < -0.3 is 15.0 Å². The van der Waals surface area contributed by atoms with E-state index >= 15 is 0 Å². The minimum absolute atomic E-state index is 0. The second-order valence-electron chi connectivity index (χ2n) is 8.37. The van der Waals surface area contributed by atoms with Crippen LogP contribution in [-0.2, 0) is 0 Å². The number of para-hydroxylation sites is 1. The van der Waals surface area contributed by atoms with E-state index in [0.29, 0.717) is 12.5 Å². The Hall–Kier alpha value is -2.34. The van der Waals surface area contributed by atoms with Gasteiger partial charge in [0.2, 0.25) is 0 Å². The number of rotatable bonds is 9. The summed E-state index contributed by atoms with van der Waals surface area (Å²) in [6.07, 6.45) is 3.10. The van der Waals surface area contributed by atoms with Crippen LogP contribution in [0.15, 0.2) is 78.9 Å². The lowest BCUT2D eigenvalue weighted by molar-refractivity contribution is 0.161. The zero-order valence-corrected chi connectivity index (χ0v) is 20.7. The van der Waals surface area contributed by atoms with Crippen molar-refractivity contribution in [1.29, 1.82) is 0 Å². The summed E-state index contributed by atoms with van der Waals surface area (Å²) in [6.45, 7) is 3.79. The molecule has 7 heteroatoms. The van der Waals surface area contributed by atoms with Crippen molar-refractivity contribution in [3.05, 3.63) is 96.1 Å². The number of nitrogens with one attached hydrogen (secondary N) is 1. The number of nitrogens with zero attached hydrogens (tertiary/aromatic N) is 1. The Labute approximate surface area is 213 Å². The largest absolute Gasteiger partial charge is 0.494 e. The normalized spacial score (nSPS) is 15.0. The van der Waals surface area contributed by atoms with Crippen molar-refractivity contribution >= 4 is 30.5 Å². The van der Waals surface area contributed by atoms with E-state index in [1.807, 2.05) is 42.5 Å². The average molecular weight is 509 g/mol. The molecule has 0 saturated carbocycles. The first kappa shape index (κ1) is 27.9. The molecule has 3 nitrogen and oxygen atoms in total. The number of piperidine rings is 1. The Morgan fingerprint density at radius 2 is 1.41 bits per heavy atom. The van der Waals surface area contributed by atoms with Gasteiger partial charge >= 0.3 is 0 Å². The molecule has 1 aliphatic rings. The second kappa shape index (κ2) is 14.1. The topological polar surface area (TPSA) is 24.5 Å². The monoisotopic (exact) mass is 508 g/mol. The van der Waals surface area contributed by atoms with E-state index in [1.54, 1.807) is 12.1 Å². The Kier molecular flexibility index (Phi) is 11.6. The van der Waals surface area contributed by atoms with Gasteiger partial charge in [-0.25, -0.2) is 8.78 Å². The summed E-state index contributed by atoms with van der Waals surface area (Å²) >= 11 is 0. The smallest absolute Gasteiger partial charge is 0.123 e. The van der Waals surface area contributed by atoms with Crippen LogP contribution >= 0.6 is 24.8 Å². The molecule has 184 valence electrons. The van der Waals surface area contributed by atoms with Crippen LogP contribution in [0.3, 0.4) is 0 Å². The van der Waals surface area contributed by atoms with Crippen LogP contribution in [0.5, 0.6) is 5.75 Å². The van der Waals surface area contributed by atoms with Gasteiger partial charge in [-0.2, -0.15) is 0 Å². The molecule has 1 N–H and O–H groups in total. The predicted octanol–water partition coefficient (Wildman–Crippen LogP) is 7.14. The Morgan fingerprint density at radius 1 is 0.824 bits per heavy atom. The van der Waals surface area contributed by atoms with E-state index in [1.165, 1.54) is 24.3 Å². The Bertz CT molecular complexity index is 951. The fourth-order valence-electron chi connectivity index (χ4n) is 4.37. The molecule has 0 aromatic heterocycles. The predicted molar refractivity (Wildman–Crippen MR) is 139 cm³/mol. The first-order valence-corrected chi connectivity index (χ1v) is 11.4. The van der Waals surface area contributed by atoms with Crippen molar-refractivity contribution in [2.24, 2.45) is 5.92 Å². The van der Waals surface area contributed by atoms with Crippen LogP contribution in [0.25, 0.3) is 0 Å². The van der Waals surface area contributed by atoms with Crippen molar-refractivity contribution < 1.29 is 13.5 Å². The maximum absolute atomic E-state index is 13.5. The van der Waals surface area contributed by atoms with Gasteiger partial charge in [0.15, 0.2) is 0 Å². The maximum atomic E-state index is 13.5. The van der Waals surface area contributed by atoms with Gasteiger partial charge in [-0.15, -0.1) is 24.8 Å². The molecule has 0 bridgehead atoms. The van der Waals surface area contributed by atoms with Gasteiger partial charge in [0.1, 0.15) is 17.4 Å². The van der Waals surface area contributed by atoms with E-state index in [4.69, 9.17) is 4.74 Å². The van der Waals surface area contributed by atoms with Gasteiger partial charge in [-0.3, -0.25) is 0 Å². The van der Waals surface area contributed by atoms with E-state index in [-0.39, 0.29) is 42.5 Å². The lowest BCUT2D eigenvalue weighted by atomic mass is 9.85. The van der Waals surface area contributed by atoms with E-state index in [9.17, 15) is 8.78 Å². The molecule has 0 radical (unpaired) electrons. The number of halogens is 4. The number of ether oxygens (including phenoxy) is 1. The lowest BCUT2D eigenvalue weighted by Crippen LogP contribution is -2.38. The third-order valence-corrected chi connectivity index (χ3v) is 6.13. The van der Waals surface area contributed by atoms with Gasteiger partial charge in [0.05, 0.1) is 12.6 Å². The highest BCUT2D eigenvalue weighted by atomic mass is 35.5. The summed E-state index contributed by atoms with van der Waals surface area (Å²) < 4.78 is 32.6. The molecule has 1 atom stereocenters. The summed E-state index contributed by atoms with van der Waals surface area (Å²) in [5.74, 6) is 0.850. The van der Waals surface area contributed by atoms with Crippen LogP contribution in [0, 0.1) is 17.6 Å². The van der Waals surface area contributed by atoms with Crippen molar-refractivity contribution in [2.75, 3.05) is 31.6 Å². The number of benzene rings is 3. The third-order valence-electron chi connectivity index (χ3n) is 6.13. The Morgan fingerprint density at radius 3 is 2.03 bits per heavy atom. The number of hydrogen-bond acceptors (Lipinski definition) is 3. The molecule has 34 heavy (non-hydrogen) atoms. The maximum Gasteiger partial charge on any atom is 0.123 e. The SMILES string of the molecule is Cl.Cl.Fc1ccc(NC(c2ccc(F)cc2)C2CCN(CCCOc3ccccc3)CC2)cc1. The van der Waals surface area contributed by atoms with Crippen LogP contribution in [-0.4, -0.2) is 31.1 Å². The highest BCUT2D eigenvalue weighted by molar-refractivity contribution is 5.85. The molecule has 0 aliphatic carbocycles. The summed E-state index contributed by atoms with van der Waals surface area (Å²) in [6, 6.07) is 23.1. The zero-order chi connectivity index (χ0) is 22.2. The Balaban J connectivity index is 0.00000204. The molecular weight excluding hydrogens is 477 g/mol. The molecule has 3 aromatic carbocycles. The van der Waals surface area contributed by atoms with E-state index in [2.05, 4.69) is 10.2 Å².